The predicted octanol–water partition coefficient (Wildman–Crippen LogP) is 3.04. The van der Waals surface area contributed by atoms with Gasteiger partial charge in [-0.15, -0.1) is 0 Å². The molecule has 0 unspecified atom stereocenters. The molecule has 0 amide bonds. The second-order valence-corrected chi connectivity index (χ2v) is 3.56. The number of rotatable bonds is 1. The van der Waals surface area contributed by atoms with Crippen LogP contribution < -0.4 is 0 Å². The van der Waals surface area contributed by atoms with Gasteiger partial charge in [-0.1, -0.05) is 23.4 Å². The highest BCUT2D eigenvalue weighted by atomic mass is 79.9. The molecule has 0 saturated carbocycles. The van der Waals surface area contributed by atoms with E-state index in [1.807, 2.05) is 12.1 Å². The quantitative estimate of drug-likeness (QED) is 0.558. The van der Waals surface area contributed by atoms with Crippen LogP contribution in [0.1, 0.15) is 12.0 Å². The molecule has 0 aliphatic rings. The summed E-state index contributed by atoms with van der Waals surface area (Å²) >= 11 is 9.08. The first kappa shape index (κ1) is 10.3. The molecule has 0 N–H and O–H groups in total. The van der Waals surface area contributed by atoms with Gasteiger partial charge in [0.25, 0.3) is 0 Å². The maximum absolute atomic E-state index is 9.98. The zero-order valence-electron chi connectivity index (χ0n) is 6.68. The normalized spacial score (nSPS) is 8.77. The van der Waals surface area contributed by atoms with Gasteiger partial charge >= 0.3 is 0 Å². The second-order valence-electron chi connectivity index (χ2n) is 2.30. The number of benzene rings is 1. The van der Waals surface area contributed by atoms with Crippen LogP contribution >= 0.6 is 27.5 Å². The van der Waals surface area contributed by atoms with E-state index in [1.165, 1.54) is 0 Å². The Morgan fingerprint density at radius 3 is 2.92 bits per heavy atom. The van der Waals surface area contributed by atoms with Crippen LogP contribution in [0, 0.1) is 11.8 Å². The summed E-state index contributed by atoms with van der Waals surface area (Å²) in [5.74, 6) is 5.56. The van der Waals surface area contributed by atoms with Crippen LogP contribution in [0.2, 0.25) is 5.02 Å². The molecular formula is C10H6BrClO. The van der Waals surface area contributed by atoms with Crippen LogP contribution in [0.25, 0.3) is 0 Å². The zero-order chi connectivity index (χ0) is 9.68. The summed E-state index contributed by atoms with van der Waals surface area (Å²) in [6.45, 7) is 0. The van der Waals surface area contributed by atoms with Gasteiger partial charge in [-0.2, -0.15) is 0 Å². The third-order valence-corrected chi connectivity index (χ3v) is 2.55. The first-order valence-corrected chi connectivity index (χ1v) is 4.78. The van der Waals surface area contributed by atoms with E-state index < -0.39 is 0 Å². The van der Waals surface area contributed by atoms with Gasteiger partial charge in [0, 0.05) is 10.0 Å². The van der Waals surface area contributed by atoms with Crippen molar-refractivity contribution in [3.05, 3.63) is 33.3 Å². The summed E-state index contributed by atoms with van der Waals surface area (Å²) < 4.78 is 0.812. The maximum atomic E-state index is 9.98. The van der Waals surface area contributed by atoms with Gasteiger partial charge in [0.15, 0.2) is 0 Å². The van der Waals surface area contributed by atoms with Crippen molar-refractivity contribution in [2.45, 2.75) is 6.42 Å². The van der Waals surface area contributed by atoms with Crippen LogP contribution in [0.5, 0.6) is 0 Å². The average molecular weight is 258 g/mol. The summed E-state index contributed by atoms with van der Waals surface area (Å²) in [6, 6.07) is 5.39. The SMILES string of the molecule is O=CCC#Cc1ccc(Cl)c(Br)c1. The van der Waals surface area contributed by atoms with Crippen molar-refractivity contribution in [2.75, 3.05) is 0 Å². The highest BCUT2D eigenvalue weighted by Gasteiger charge is 1.95. The Labute approximate surface area is 90.2 Å². The van der Waals surface area contributed by atoms with Crippen molar-refractivity contribution < 1.29 is 4.79 Å². The fourth-order valence-electron chi connectivity index (χ4n) is 0.769. The standard InChI is InChI=1S/C10H6BrClO/c11-9-7-8(3-1-2-6-13)4-5-10(9)12/h4-7H,2H2. The van der Waals surface area contributed by atoms with Crippen LogP contribution in [-0.2, 0) is 4.79 Å². The molecule has 1 nitrogen and oxygen atoms in total. The van der Waals surface area contributed by atoms with E-state index in [9.17, 15) is 4.79 Å². The Hall–Kier alpha value is -0.780. The molecule has 0 aliphatic heterocycles. The lowest BCUT2D eigenvalue weighted by atomic mass is 10.2. The molecule has 1 aromatic carbocycles. The van der Waals surface area contributed by atoms with Crippen LogP contribution in [0.15, 0.2) is 22.7 Å². The molecule has 1 aromatic rings. The van der Waals surface area contributed by atoms with E-state index in [0.29, 0.717) is 5.02 Å². The van der Waals surface area contributed by atoms with E-state index in [1.54, 1.807) is 6.07 Å². The minimum absolute atomic E-state index is 0.264. The molecule has 0 saturated heterocycles. The molecule has 0 spiro atoms. The average Bonchev–Trinajstić information content (AvgIpc) is 2.12. The van der Waals surface area contributed by atoms with Crippen molar-refractivity contribution in [2.24, 2.45) is 0 Å². The van der Waals surface area contributed by atoms with E-state index in [-0.39, 0.29) is 6.42 Å². The van der Waals surface area contributed by atoms with Crippen molar-refractivity contribution in [3.63, 3.8) is 0 Å². The zero-order valence-corrected chi connectivity index (χ0v) is 9.02. The number of hydrogen-bond donors (Lipinski definition) is 0. The highest BCUT2D eigenvalue weighted by molar-refractivity contribution is 9.10. The van der Waals surface area contributed by atoms with Crippen LogP contribution in [0.3, 0.4) is 0 Å². The molecule has 1 rings (SSSR count). The van der Waals surface area contributed by atoms with Crippen LogP contribution in [0.4, 0.5) is 0 Å². The molecular weight excluding hydrogens is 251 g/mol. The number of halogens is 2. The first-order valence-electron chi connectivity index (χ1n) is 3.61. The van der Waals surface area contributed by atoms with Crippen molar-refractivity contribution >= 4 is 33.8 Å². The van der Waals surface area contributed by atoms with E-state index in [4.69, 9.17) is 11.6 Å². The number of hydrogen-bond acceptors (Lipinski definition) is 1. The van der Waals surface area contributed by atoms with Gasteiger partial charge in [0.1, 0.15) is 6.29 Å². The minimum atomic E-state index is 0.264. The van der Waals surface area contributed by atoms with Crippen molar-refractivity contribution in [1.82, 2.24) is 0 Å². The molecule has 0 aliphatic carbocycles. The Morgan fingerprint density at radius 1 is 1.54 bits per heavy atom. The van der Waals surface area contributed by atoms with Gasteiger partial charge in [-0.05, 0) is 34.1 Å². The van der Waals surface area contributed by atoms with Crippen molar-refractivity contribution in [3.8, 4) is 11.8 Å². The molecule has 0 bridgehead atoms. The predicted molar refractivity (Wildman–Crippen MR) is 56.7 cm³/mol. The highest BCUT2D eigenvalue weighted by Crippen LogP contribution is 2.22. The van der Waals surface area contributed by atoms with Gasteiger partial charge in [0.2, 0.25) is 0 Å². The first-order chi connectivity index (χ1) is 6.24. The van der Waals surface area contributed by atoms with E-state index in [2.05, 4.69) is 27.8 Å². The number of aldehydes is 1. The topological polar surface area (TPSA) is 17.1 Å². The maximum Gasteiger partial charge on any atom is 0.131 e. The molecule has 66 valence electrons. The summed E-state index contributed by atoms with van der Waals surface area (Å²) in [4.78, 5) is 9.98. The molecule has 3 heteroatoms. The largest absolute Gasteiger partial charge is 0.302 e. The lowest BCUT2D eigenvalue weighted by Crippen LogP contribution is -1.76. The molecule has 0 fully saturated rings. The monoisotopic (exact) mass is 256 g/mol. The van der Waals surface area contributed by atoms with Gasteiger partial charge in [-0.3, -0.25) is 0 Å². The number of carbonyl (C=O) groups is 1. The summed E-state index contributed by atoms with van der Waals surface area (Å²) in [5, 5.41) is 0.654. The van der Waals surface area contributed by atoms with Gasteiger partial charge in [-0.25, -0.2) is 0 Å². The molecule has 0 radical (unpaired) electrons. The third-order valence-electron chi connectivity index (χ3n) is 1.34. The molecule has 13 heavy (non-hydrogen) atoms. The summed E-state index contributed by atoms with van der Waals surface area (Å²) in [7, 11) is 0. The Kier molecular flexibility index (Phi) is 4.01. The Balaban J connectivity index is 2.87. The van der Waals surface area contributed by atoms with E-state index in [0.717, 1.165) is 16.3 Å². The molecule has 0 aromatic heterocycles. The van der Waals surface area contributed by atoms with Gasteiger partial charge < -0.3 is 4.79 Å². The fraction of sp³-hybridized carbons (Fsp3) is 0.100. The Bertz CT molecular complexity index is 376. The smallest absolute Gasteiger partial charge is 0.131 e. The fourth-order valence-corrected chi connectivity index (χ4v) is 1.26. The minimum Gasteiger partial charge on any atom is -0.302 e. The molecule has 0 atom stereocenters. The van der Waals surface area contributed by atoms with Crippen molar-refractivity contribution in [1.29, 1.82) is 0 Å². The number of carbonyl (C=O) groups excluding carboxylic acids is 1. The lowest BCUT2D eigenvalue weighted by Gasteiger charge is -1.94. The molecule has 0 heterocycles. The van der Waals surface area contributed by atoms with Crippen LogP contribution in [-0.4, -0.2) is 6.29 Å². The summed E-state index contributed by atoms with van der Waals surface area (Å²) in [5.41, 5.74) is 0.845. The van der Waals surface area contributed by atoms with E-state index >= 15 is 0 Å². The third kappa shape index (κ3) is 3.22. The lowest BCUT2D eigenvalue weighted by molar-refractivity contribution is -0.107. The second kappa shape index (κ2) is 5.06. The summed E-state index contributed by atoms with van der Waals surface area (Å²) in [6.07, 6.45) is 1.04. The Morgan fingerprint density at radius 2 is 2.31 bits per heavy atom. The van der Waals surface area contributed by atoms with Gasteiger partial charge in [0.05, 0.1) is 11.4 Å².